The Morgan fingerprint density at radius 2 is 1.75 bits per heavy atom. The lowest BCUT2D eigenvalue weighted by Gasteiger charge is -2.11. The van der Waals surface area contributed by atoms with Crippen molar-refractivity contribution in [1.82, 2.24) is 4.98 Å². The normalized spacial score (nSPS) is 11.0. The van der Waals surface area contributed by atoms with Crippen molar-refractivity contribution in [3.8, 4) is 0 Å². The van der Waals surface area contributed by atoms with E-state index in [0.29, 0.717) is 37.1 Å². The van der Waals surface area contributed by atoms with E-state index in [2.05, 4.69) is 4.98 Å². The van der Waals surface area contributed by atoms with Crippen LogP contribution >= 0.6 is 0 Å². The predicted octanol–water partition coefficient (Wildman–Crippen LogP) is 2.23. The number of fused-ring (bicyclic) bond motifs is 1. The smallest absolute Gasteiger partial charge is 0.341 e. The van der Waals surface area contributed by atoms with Gasteiger partial charge >= 0.3 is 11.9 Å². The molecule has 1 aromatic carbocycles. The second-order valence-corrected chi connectivity index (χ2v) is 6.33. The van der Waals surface area contributed by atoms with Gasteiger partial charge in [0.2, 0.25) is 5.43 Å². The van der Waals surface area contributed by atoms with Crippen LogP contribution in [0.2, 0.25) is 0 Å². The Bertz CT molecular complexity index is 888. The number of hydrogen-bond donors (Lipinski definition) is 3. The van der Waals surface area contributed by atoms with E-state index in [9.17, 15) is 14.4 Å². The molecule has 28 heavy (non-hydrogen) atoms. The Labute approximate surface area is 162 Å². The van der Waals surface area contributed by atoms with Gasteiger partial charge in [0, 0.05) is 23.7 Å². The molecule has 0 radical (unpaired) electrons. The van der Waals surface area contributed by atoms with Crippen molar-refractivity contribution >= 4 is 22.8 Å². The predicted molar refractivity (Wildman–Crippen MR) is 103 cm³/mol. The summed E-state index contributed by atoms with van der Waals surface area (Å²) < 4.78 is 10.6. The molecule has 8 nitrogen and oxygen atoms in total. The van der Waals surface area contributed by atoms with Gasteiger partial charge in [0.1, 0.15) is 5.56 Å². The number of hydrogen-bond acceptors (Lipinski definition) is 5. The van der Waals surface area contributed by atoms with Crippen molar-refractivity contribution < 1.29 is 29.3 Å². The molecule has 0 atom stereocenters. The fourth-order valence-corrected chi connectivity index (χ4v) is 2.92. The summed E-state index contributed by atoms with van der Waals surface area (Å²) in [5.74, 6) is -2.14. The van der Waals surface area contributed by atoms with E-state index in [-0.39, 0.29) is 18.6 Å². The number of benzene rings is 1. The van der Waals surface area contributed by atoms with E-state index < -0.39 is 17.4 Å². The first-order valence-corrected chi connectivity index (χ1v) is 9.21. The van der Waals surface area contributed by atoms with Crippen LogP contribution in [-0.2, 0) is 27.1 Å². The Balaban J connectivity index is 1.92. The van der Waals surface area contributed by atoms with Gasteiger partial charge in [-0.3, -0.25) is 9.59 Å². The minimum atomic E-state index is -1.25. The molecule has 1 aromatic heterocycles. The van der Waals surface area contributed by atoms with Gasteiger partial charge in [0.05, 0.1) is 26.2 Å². The summed E-state index contributed by atoms with van der Waals surface area (Å²) in [6.07, 6.45) is 3.45. The number of ether oxygens (including phenoxy) is 2. The van der Waals surface area contributed by atoms with Crippen molar-refractivity contribution in [2.24, 2.45) is 0 Å². The van der Waals surface area contributed by atoms with Crippen LogP contribution in [0.25, 0.3) is 10.9 Å². The molecule has 0 fully saturated rings. The van der Waals surface area contributed by atoms with E-state index in [1.165, 1.54) is 6.20 Å². The first kappa shape index (κ1) is 21.6. The number of carboxylic acids is 2. The van der Waals surface area contributed by atoms with Gasteiger partial charge in [-0.05, 0) is 42.5 Å². The summed E-state index contributed by atoms with van der Waals surface area (Å²) in [6, 6.07) is 3.67. The lowest BCUT2D eigenvalue weighted by atomic mass is 9.97. The Morgan fingerprint density at radius 3 is 2.39 bits per heavy atom. The van der Waals surface area contributed by atoms with E-state index in [1.54, 1.807) is 6.07 Å². The van der Waals surface area contributed by atoms with Gasteiger partial charge in [-0.2, -0.15) is 0 Å². The van der Waals surface area contributed by atoms with Crippen LogP contribution in [0.3, 0.4) is 0 Å². The molecule has 0 spiro atoms. The highest BCUT2D eigenvalue weighted by molar-refractivity contribution is 5.92. The molecular formula is C20H25NO7. The molecule has 0 bridgehead atoms. The number of aliphatic carboxylic acids is 1. The van der Waals surface area contributed by atoms with Crippen LogP contribution in [0.5, 0.6) is 0 Å². The second-order valence-electron chi connectivity index (χ2n) is 6.33. The number of nitrogens with one attached hydrogen (secondary N) is 1. The Kier molecular flexibility index (Phi) is 8.16. The summed E-state index contributed by atoms with van der Waals surface area (Å²) >= 11 is 0. The molecule has 2 aromatic rings. The molecule has 0 aliphatic heterocycles. The Hall–Kier alpha value is -2.71. The molecular weight excluding hydrogens is 366 g/mol. The first-order valence-electron chi connectivity index (χ1n) is 9.21. The monoisotopic (exact) mass is 391 g/mol. The van der Waals surface area contributed by atoms with Crippen molar-refractivity contribution in [1.29, 1.82) is 0 Å². The average molecular weight is 391 g/mol. The highest BCUT2D eigenvalue weighted by Gasteiger charge is 2.13. The van der Waals surface area contributed by atoms with Gasteiger partial charge in [-0.1, -0.05) is 6.92 Å². The van der Waals surface area contributed by atoms with Gasteiger partial charge in [0.25, 0.3) is 0 Å². The molecule has 0 saturated heterocycles. The SMILES string of the molecule is CCc1cc2[nH]cc(C(=O)O)c(=O)c2cc1CCCOCCOCCC(=O)O. The number of aromatic nitrogens is 1. The van der Waals surface area contributed by atoms with Crippen LogP contribution < -0.4 is 5.43 Å². The number of aryl methyl sites for hydroxylation is 2. The van der Waals surface area contributed by atoms with Crippen LogP contribution in [0.4, 0.5) is 0 Å². The average Bonchev–Trinajstić information content (AvgIpc) is 2.66. The van der Waals surface area contributed by atoms with Crippen LogP contribution in [0.1, 0.15) is 41.3 Å². The maximum Gasteiger partial charge on any atom is 0.341 e. The van der Waals surface area contributed by atoms with E-state index in [4.69, 9.17) is 19.7 Å². The molecule has 8 heteroatoms. The van der Waals surface area contributed by atoms with Crippen molar-refractivity contribution in [2.75, 3.05) is 26.4 Å². The quantitative estimate of drug-likeness (QED) is 0.474. The zero-order valence-corrected chi connectivity index (χ0v) is 15.8. The standard InChI is InChI=1S/C20H25NO7/c1-2-13-11-17-15(19(24)16(12-21-17)20(25)26)10-14(13)4-3-6-27-8-9-28-7-5-18(22)23/h10-12H,2-9H2,1H3,(H,21,24)(H,22,23)(H,25,26). The van der Waals surface area contributed by atoms with Crippen molar-refractivity contribution in [2.45, 2.75) is 32.6 Å². The lowest BCUT2D eigenvalue weighted by Crippen LogP contribution is -2.16. The molecule has 1 heterocycles. The van der Waals surface area contributed by atoms with Gasteiger partial charge in [-0.15, -0.1) is 0 Å². The summed E-state index contributed by atoms with van der Waals surface area (Å²) in [5.41, 5.74) is 1.98. The van der Waals surface area contributed by atoms with E-state index in [0.717, 1.165) is 24.0 Å². The molecule has 0 aliphatic rings. The number of pyridine rings is 1. The molecule has 0 amide bonds. The van der Waals surface area contributed by atoms with Gasteiger partial charge in [0.15, 0.2) is 0 Å². The maximum absolute atomic E-state index is 12.4. The highest BCUT2D eigenvalue weighted by atomic mass is 16.5. The number of rotatable bonds is 12. The third kappa shape index (κ3) is 5.90. The Morgan fingerprint density at radius 1 is 1.04 bits per heavy atom. The molecule has 2 rings (SSSR count). The second kappa shape index (κ2) is 10.6. The number of aromatic carboxylic acids is 1. The van der Waals surface area contributed by atoms with Gasteiger partial charge < -0.3 is 24.7 Å². The largest absolute Gasteiger partial charge is 0.481 e. The zero-order valence-electron chi connectivity index (χ0n) is 15.8. The number of carboxylic acid groups (broad SMARTS) is 2. The molecule has 0 unspecified atom stereocenters. The van der Waals surface area contributed by atoms with E-state index >= 15 is 0 Å². The van der Waals surface area contributed by atoms with Crippen molar-refractivity contribution in [3.05, 3.63) is 45.2 Å². The van der Waals surface area contributed by atoms with Crippen LogP contribution in [0.15, 0.2) is 23.1 Å². The van der Waals surface area contributed by atoms with Crippen molar-refractivity contribution in [3.63, 3.8) is 0 Å². The van der Waals surface area contributed by atoms with Crippen LogP contribution in [-0.4, -0.2) is 53.6 Å². The number of aromatic amines is 1. The summed E-state index contributed by atoms with van der Waals surface area (Å²) in [6.45, 7) is 3.44. The fourth-order valence-electron chi connectivity index (χ4n) is 2.92. The molecule has 3 N–H and O–H groups in total. The van der Waals surface area contributed by atoms with Crippen LogP contribution in [0, 0.1) is 0 Å². The number of carbonyl (C=O) groups is 2. The minimum Gasteiger partial charge on any atom is -0.481 e. The topological polar surface area (TPSA) is 126 Å². The minimum absolute atomic E-state index is 0.0233. The maximum atomic E-state index is 12.4. The van der Waals surface area contributed by atoms with Gasteiger partial charge in [-0.25, -0.2) is 4.79 Å². The van der Waals surface area contributed by atoms with E-state index in [1.807, 2.05) is 13.0 Å². The summed E-state index contributed by atoms with van der Waals surface area (Å²) in [4.78, 5) is 36.8. The lowest BCUT2D eigenvalue weighted by molar-refractivity contribution is -0.138. The third-order valence-electron chi connectivity index (χ3n) is 4.38. The third-order valence-corrected chi connectivity index (χ3v) is 4.38. The summed E-state index contributed by atoms with van der Waals surface area (Å²) in [7, 11) is 0. The fraction of sp³-hybridized carbons (Fsp3) is 0.450. The molecule has 152 valence electrons. The highest BCUT2D eigenvalue weighted by Crippen LogP contribution is 2.19. The number of H-pyrrole nitrogens is 1. The molecule has 0 saturated carbocycles. The zero-order chi connectivity index (χ0) is 20.5. The first-order chi connectivity index (χ1) is 13.4. The summed E-state index contributed by atoms with van der Waals surface area (Å²) in [5, 5.41) is 18.0. The molecule has 0 aliphatic carbocycles.